The smallest absolute Gasteiger partial charge is 0.242 e. The van der Waals surface area contributed by atoms with Crippen LogP contribution in [0.25, 0.3) is 0 Å². The van der Waals surface area contributed by atoms with Crippen molar-refractivity contribution in [2.75, 3.05) is 6.54 Å². The summed E-state index contributed by atoms with van der Waals surface area (Å²) in [6, 6.07) is 3.70. The number of hydrogen-bond acceptors (Lipinski definition) is 3. The lowest BCUT2D eigenvalue weighted by atomic mass is 9.89. The van der Waals surface area contributed by atoms with Gasteiger partial charge in [-0.3, -0.25) is 15.1 Å². The molecule has 0 radical (unpaired) electrons. The molecule has 0 unspecified atom stereocenters. The van der Waals surface area contributed by atoms with E-state index in [1.807, 2.05) is 12.1 Å². The lowest BCUT2D eigenvalue weighted by Gasteiger charge is -2.25. The number of hydrogen-bond donors (Lipinski definition) is 2. The fourth-order valence-corrected chi connectivity index (χ4v) is 1.96. The van der Waals surface area contributed by atoms with Crippen molar-refractivity contribution in [3.05, 3.63) is 30.1 Å². The topological polar surface area (TPSA) is 68.0 Å². The summed E-state index contributed by atoms with van der Waals surface area (Å²) >= 11 is 0. The number of carbonyl (C=O) groups excluding carboxylic acids is 1. The number of pyridine rings is 1. The molecule has 3 N–H and O–H groups in total. The monoisotopic (exact) mass is 191 g/mol. The van der Waals surface area contributed by atoms with Crippen LogP contribution in [0.2, 0.25) is 0 Å². The molecule has 4 heteroatoms. The minimum Gasteiger partial charge on any atom is -0.368 e. The second-order valence-corrected chi connectivity index (χ2v) is 3.54. The highest BCUT2D eigenvalue weighted by Crippen LogP contribution is 2.29. The first kappa shape index (κ1) is 9.15. The second-order valence-electron chi connectivity index (χ2n) is 3.54. The number of primary amides is 1. The molecule has 1 amide bonds. The van der Waals surface area contributed by atoms with Crippen LogP contribution < -0.4 is 11.1 Å². The van der Waals surface area contributed by atoms with E-state index >= 15 is 0 Å². The number of amides is 1. The minimum absolute atomic E-state index is 0.317. The Bertz CT molecular complexity index is 330. The Morgan fingerprint density at radius 2 is 2.50 bits per heavy atom. The van der Waals surface area contributed by atoms with Gasteiger partial charge in [0.15, 0.2) is 0 Å². The summed E-state index contributed by atoms with van der Waals surface area (Å²) in [6.45, 7) is 0.831. The van der Waals surface area contributed by atoms with E-state index in [0.717, 1.165) is 24.9 Å². The standard InChI is InChI=1S/C10H13N3O/c11-9(14)10(4-2-6-13-10)8-3-1-5-12-7-8/h1,3,5,7,13H,2,4,6H2,(H2,11,14)/t10-/m1/s1. The van der Waals surface area contributed by atoms with E-state index in [-0.39, 0.29) is 5.91 Å². The number of nitrogens with one attached hydrogen (secondary N) is 1. The van der Waals surface area contributed by atoms with Crippen molar-refractivity contribution in [3.63, 3.8) is 0 Å². The summed E-state index contributed by atoms with van der Waals surface area (Å²) in [4.78, 5) is 15.5. The van der Waals surface area contributed by atoms with E-state index in [2.05, 4.69) is 10.3 Å². The van der Waals surface area contributed by atoms with Gasteiger partial charge in [-0.15, -0.1) is 0 Å². The molecule has 4 nitrogen and oxygen atoms in total. The minimum atomic E-state index is -0.686. The molecular formula is C10H13N3O. The third-order valence-electron chi connectivity index (χ3n) is 2.73. The van der Waals surface area contributed by atoms with Crippen LogP contribution in [0.4, 0.5) is 0 Å². The molecule has 2 heterocycles. The van der Waals surface area contributed by atoms with Crippen molar-refractivity contribution in [2.45, 2.75) is 18.4 Å². The van der Waals surface area contributed by atoms with E-state index in [1.54, 1.807) is 12.4 Å². The summed E-state index contributed by atoms with van der Waals surface area (Å²) in [7, 11) is 0. The van der Waals surface area contributed by atoms with Gasteiger partial charge in [-0.05, 0) is 31.0 Å². The van der Waals surface area contributed by atoms with Crippen LogP contribution in [-0.2, 0) is 10.3 Å². The zero-order valence-corrected chi connectivity index (χ0v) is 7.86. The molecule has 0 aromatic carbocycles. The first-order chi connectivity index (χ1) is 6.76. The largest absolute Gasteiger partial charge is 0.368 e. The first-order valence-electron chi connectivity index (χ1n) is 4.71. The zero-order valence-electron chi connectivity index (χ0n) is 7.86. The average molecular weight is 191 g/mol. The predicted molar refractivity (Wildman–Crippen MR) is 52.3 cm³/mol. The summed E-state index contributed by atoms with van der Waals surface area (Å²) in [5.74, 6) is -0.317. The molecule has 1 aliphatic rings. The molecule has 1 aliphatic heterocycles. The van der Waals surface area contributed by atoms with Gasteiger partial charge in [0, 0.05) is 12.4 Å². The number of nitrogens with two attached hydrogens (primary N) is 1. The van der Waals surface area contributed by atoms with Crippen molar-refractivity contribution in [1.82, 2.24) is 10.3 Å². The molecule has 1 saturated heterocycles. The van der Waals surface area contributed by atoms with Crippen LogP contribution in [0.3, 0.4) is 0 Å². The number of aromatic nitrogens is 1. The van der Waals surface area contributed by atoms with Gasteiger partial charge in [-0.1, -0.05) is 6.07 Å². The zero-order chi connectivity index (χ0) is 10.0. The summed E-state index contributed by atoms with van der Waals surface area (Å²) in [6.07, 6.45) is 5.11. The molecule has 1 fully saturated rings. The lowest BCUT2D eigenvalue weighted by Crippen LogP contribution is -2.48. The Kier molecular flexibility index (Phi) is 2.21. The van der Waals surface area contributed by atoms with E-state index in [1.165, 1.54) is 0 Å². The number of nitrogens with zero attached hydrogens (tertiary/aromatic N) is 1. The van der Waals surface area contributed by atoms with Crippen LogP contribution in [0.15, 0.2) is 24.5 Å². The van der Waals surface area contributed by atoms with Crippen molar-refractivity contribution >= 4 is 5.91 Å². The predicted octanol–water partition coefficient (Wildman–Crippen LogP) is 0.146. The molecule has 14 heavy (non-hydrogen) atoms. The van der Waals surface area contributed by atoms with Gasteiger partial charge in [0.1, 0.15) is 5.54 Å². The third-order valence-corrected chi connectivity index (χ3v) is 2.73. The molecule has 74 valence electrons. The SMILES string of the molecule is NC(=O)[C@]1(c2cccnc2)CCCN1. The maximum Gasteiger partial charge on any atom is 0.242 e. The third kappa shape index (κ3) is 1.28. The second kappa shape index (κ2) is 3.38. The van der Waals surface area contributed by atoms with Crippen LogP contribution in [0.5, 0.6) is 0 Å². The number of carbonyl (C=O) groups is 1. The molecule has 0 bridgehead atoms. The fraction of sp³-hybridized carbons (Fsp3) is 0.400. The Morgan fingerprint density at radius 3 is 3.00 bits per heavy atom. The van der Waals surface area contributed by atoms with Crippen LogP contribution >= 0.6 is 0 Å². The van der Waals surface area contributed by atoms with Crippen molar-refractivity contribution in [3.8, 4) is 0 Å². The normalized spacial score (nSPS) is 26.3. The Balaban J connectivity index is 2.42. The van der Waals surface area contributed by atoms with Gasteiger partial charge in [0.2, 0.25) is 5.91 Å². The molecule has 0 aliphatic carbocycles. The molecule has 1 aromatic rings. The fourth-order valence-electron chi connectivity index (χ4n) is 1.96. The average Bonchev–Trinajstić information content (AvgIpc) is 2.69. The van der Waals surface area contributed by atoms with Crippen LogP contribution in [0, 0.1) is 0 Å². The molecule has 0 spiro atoms. The summed E-state index contributed by atoms with van der Waals surface area (Å²) in [5.41, 5.74) is 5.62. The van der Waals surface area contributed by atoms with Crippen molar-refractivity contribution in [1.29, 1.82) is 0 Å². The first-order valence-corrected chi connectivity index (χ1v) is 4.71. The van der Waals surface area contributed by atoms with E-state index < -0.39 is 5.54 Å². The van der Waals surface area contributed by atoms with Gasteiger partial charge in [0.05, 0.1) is 0 Å². The number of rotatable bonds is 2. The quantitative estimate of drug-likeness (QED) is 0.699. The molecule has 2 rings (SSSR count). The maximum absolute atomic E-state index is 11.5. The van der Waals surface area contributed by atoms with Crippen LogP contribution in [0.1, 0.15) is 18.4 Å². The van der Waals surface area contributed by atoms with Crippen molar-refractivity contribution in [2.24, 2.45) is 5.73 Å². The Hall–Kier alpha value is -1.42. The summed E-state index contributed by atoms with van der Waals surface area (Å²) in [5, 5.41) is 3.17. The van der Waals surface area contributed by atoms with Crippen LogP contribution in [-0.4, -0.2) is 17.4 Å². The van der Waals surface area contributed by atoms with Gasteiger partial charge >= 0.3 is 0 Å². The van der Waals surface area contributed by atoms with E-state index in [4.69, 9.17) is 5.73 Å². The van der Waals surface area contributed by atoms with Gasteiger partial charge < -0.3 is 5.73 Å². The van der Waals surface area contributed by atoms with E-state index in [0.29, 0.717) is 0 Å². The summed E-state index contributed by atoms with van der Waals surface area (Å²) < 4.78 is 0. The van der Waals surface area contributed by atoms with Gasteiger partial charge in [0.25, 0.3) is 0 Å². The molecular weight excluding hydrogens is 178 g/mol. The Labute approximate surface area is 82.5 Å². The highest BCUT2D eigenvalue weighted by atomic mass is 16.1. The molecule has 1 atom stereocenters. The van der Waals surface area contributed by atoms with Gasteiger partial charge in [-0.25, -0.2) is 0 Å². The molecule has 0 saturated carbocycles. The van der Waals surface area contributed by atoms with E-state index in [9.17, 15) is 4.79 Å². The lowest BCUT2D eigenvalue weighted by molar-refractivity contribution is -0.124. The maximum atomic E-state index is 11.5. The Morgan fingerprint density at radius 1 is 1.64 bits per heavy atom. The molecule has 1 aromatic heterocycles. The highest BCUT2D eigenvalue weighted by molar-refractivity contribution is 5.86. The van der Waals surface area contributed by atoms with Crippen molar-refractivity contribution < 1.29 is 4.79 Å². The highest BCUT2D eigenvalue weighted by Gasteiger charge is 2.41. The van der Waals surface area contributed by atoms with Gasteiger partial charge in [-0.2, -0.15) is 0 Å².